The van der Waals surface area contributed by atoms with Crippen LogP contribution < -0.4 is 10.6 Å². The molecule has 1 atom stereocenters. The number of esters is 1. The minimum Gasteiger partial charge on any atom is -0.465 e. The lowest BCUT2D eigenvalue weighted by Crippen LogP contribution is -2.39. The van der Waals surface area contributed by atoms with Crippen LogP contribution in [-0.4, -0.2) is 30.9 Å². The molecular weight excluding hydrogens is 332 g/mol. The van der Waals surface area contributed by atoms with E-state index in [0.29, 0.717) is 24.1 Å². The van der Waals surface area contributed by atoms with E-state index >= 15 is 0 Å². The maximum Gasteiger partial charge on any atom is 0.337 e. The highest BCUT2D eigenvalue weighted by Gasteiger charge is 2.30. The summed E-state index contributed by atoms with van der Waals surface area (Å²) in [5, 5.41) is 5.89. The van der Waals surface area contributed by atoms with Gasteiger partial charge in [0.2, 0.25) is 11.8 Å². The van der Waals surface area contributed by atoms with Crippen molar-refractivity contribution >= 4 is 23.5 Å². The number of hydrogen-bond donors (Lipinski definition) is 2. The van der Waals surface area contributed by atoms with Crippen LogP contribution in [0.4, 0.5) is 5.69 Å². The van der Waals surface area contributed by atoms with E-state index in [0.717, 1.165) is 19.3 Å². The lowest BCUT2D eigenvalue weighted by atomic mass is 9.81. The molecule has 0 bridgehead atoms. The molecule has 6 heteroatoms. The summed E-state index contributed by atoms with van der Waals surface area (Å²) in [7, 11) is 1.32. The van der Waals surface area contributed by atoms with E-state index < -0.39 is 5.97 Å². The first kappa shape index (κ1) is 19.9. The first-order valence-electron chi connectivity index (χ1n) is 9.24. The number of carbonyl (C=O) groups is 3. The highest BCUT2D eigenvalue weighted by molar-refractivity contribution is 5.95. The van der Waals surface area contributed by atoms with Crippen LogP contribution in [0.3, 0.4) is 0 Å². The smallest absolute Gasteiger partial charge is 0.337 e. The molecule has 1 unspecified atom stereocenters. The van der Waals surface area contributed by atoms with Gasteiger partial charge in [-0.25, -0.2) is 4.79 Å². The highest BCUT2D eigenvalue weighted by atomic mass is 16.5. The van der Waals surface area contributed by atoms with Crippen LogP contribution in [0.2, 0.25) is 0 Å². The van der Waals surface area contributed by atoms with Gasteiger partial charge in [-0.2, -0.15) is 0 Å². The van der Waals surface area contributed by atoms with Crippen molar-refractivity contribution in [1.29, 1.82) is 0 Å². The number of anilines is 1. The van der Waals surface area contributed by atoms with Gasteiger partial charge in [0.05, 0.1) is 12.7 Å². The van der Waals surface area contributed by atoms with Gasteiger partial charge < -0.3 is 15.4 Å². The number of methoxy groups -OCH3 is 1. The van der Waals surface area contributed by atoms with Gasteiger partial charge in [-0.1, -0.05) is 13.0 Å². The van der Waals surface area contributed by atoms with Crippen molar-refractivity contribution in [3.63, 3.8) is 0 Å². The normalized spacial score (nSPS) is 20.7. The zero-order chi connectivity index (χ0) is 19.1. The molecule has 2 N–H and O–H groups in total. The minimum atomic E-state index is -0.436. The number of benzene rings is 1. The summed E-state index contributed by atoms with van der Waals surface area (Å²) in [5.74, 6) is -0.508. The summed E-state index contributed by atoms with van der Waals surface area (Å²) in [6, 6.07) is 6.89. The largest absolute Gasteiger partial charge is 0.465 e. The fraction of sp³-hybridized carbons (Fsp3) is 0.550. The van der Waals surface area contributed by atoms with Crippen LogP contribution in [0.25, 0.3) is 0 Å². The molecule has 6 nitrogen and oxygen atoms in total. The summed E-state index contributed by atoms with van der Waals surface area (Å²) >= 11 is 0. The third kappa shape index (κ3) is 5.31. The van der Waals surface area contributed by atoms with Crippen molar-refractivity contribution in [1.82, 2.24) is 5.32 Å². The van der Waals surface area contributed by atoms with E-state index in [4.69, 9.17) is 4.74 Å². The van der Waals surface area contributed by atoms with Gasteiger partial charge in [0, 0.05) is 23.6 Å². The Kier molecular flexibility index (Phi) is 7.18. The number of rotatable bonds is 6. The van der Waals surface area contributed by atoms with E-state index in [2.05, 4.69) is 10.6 Å². The Bertz CT molecular complexity index is 651. The number of nitrogens with one attached hydrogen (secondary N) is 2. The van der Waals surface area contributed by atoms with Crippen LogP contribution in [0.1, 0.15) is 56.3 Å². The van der Waals surface area contributed by atoms with E-state index in [9.17, 15) is 14.4 Å². The standard InChI is InChI=1S/C20H28N2O4/c1-4-13(2)21-18(23)14-8-10-15(11-9-14)19(24)22-17-7-5-6-16(12-17)20(25)26-3/h5-7,12-15H,4,8-11H2,1-3H3,(H,21,23)(H,22,24). The maximum atomic E-state index is 12.5. The summed E-state index contributed by atoms with van der Waals surface area (Å²) in [6.45, 7) is 4.04. The first-order chi connectivity index (χ1) is 12.4. The SMILES string of the molecule is CCC(C)NC(=O)C1CCC(C(=O)Nc2cccc(C(=O)OC)c2)CC1. The zero-order valence-electron chi connectivity index (χ0n) is 15.7. The van der Waals surface area contributed by atoms with Gasteiger partial charge in [0.1, 0.15) is 0 Å². The average molecular weight is 360 g/mol. The van der Waals surface area contributed by atoms with Gasteiger partial charge in [-0.3, -0.25) is 9.59 Å². The fourth-order valence-electron chi connectivity index (χ4n) is 3.17. The fourth-order valence-corrected chi connectivity index (χ4v) is 3.17. The first-order valence-corrected chi connectivity index (χ1v) is 9.24. The van der Waals surface area contributed by atoms with Gasteiger partial charge in [0.15, 0.2) is 0 Å². The molecule has 142 valence electrons. The predicted molar refractivity (Wildman–Crippen MR) is 99.8 cm³/mol. The summed E-state index contributed by atoms with van der Waals surface area (Å²) in [4.78, 5) is 36.3. The molecule has 0 aromatic heterocycles. The lowest BCUT2D eigenvalue weighted by molar-refractivity contribution is -0.129. The van der Waals surface area contributed by atoms with Gasteiger partial charge >= 0.3 is 5.97 Å². The second kappa shape index (κ2) is 9.36. The molecule has 1 aliphatic rings. The molecule has 2 amide bonds. The molecule has 26 heavy (non-hydrogen) atoms. The van der Waals surface area contributed by atoms with Crippen LogP contribution in [0.15, 0.2) is 24.3 Å². The Labute approximate surface area is 154 Å². The van der Waals surface area contributed by atoms with Crippen LogP contribution in [0, 0.1) is 11.8 Å². The third-order valence-corrected chi connectivity index (χ3v) is 5.02. The topological polar surface area (TPSA) is 84.5 Å². The Hall–Kier alpha value is -2.37. The molecule has 1 aromatic rings. The second-order valence-electron chi connectivity index (χ2n) is 6.93. The average Bonchev–Trinajstić information content (AvgIpc) is 2.67. The number of carbonyl (C=O) groups excluding carboxylic acids is 3. The molecule has 1 aromatic carbocycles. The van der Waals surface area contributed by atoms with Crippen molar-refractivity contribution in [3.05, 3.63) is 29.8 Å². The van der Waals surface area contributed by atoms with Crippen molar-refractivity contribution in [2.45, 2.75) is 52.0 Å². The zero-order valence-corrected chi connectivity index (χ0v) is 15.7. The Morgan fingerprint density at radius 1 is 1.12 bits per heavy atom. The third-order valence-electron chi connectivity index (χ3n) is 5.02. The molecule has 0 spiro atoms. The van der Waals surface area contributed by atoms with Gasteiger partial charge in [-0.15, -0.1) is 0 Å². The predicted octanol–water partition coefficient (Wildman–Crippen LogP) is 3.13. The van der Waals surface area contributed by atoms with Crippen molar-refractivity contribution in [2.75, 3.05) is 12.4 Å². The molecule has 0 radical (unpaired) electrons. The Morgan fingerprint density at radius 3 is 2.31 bits per heavy atom. The quantitative estimate of drug-likeness (QED) is 0.763. The van der Waals surface area contributed by atoms with Crippen molar-refractivity contribution in [2.24, 2.45) is 11.8 Å². The van der Waals surface area contributed by atoms with Crippen molar-refractivity contribution < 1.29 is 19.1 Å². The number of ether oxygens (including phenoxy) is 1. The highest BCUT2D eigenvalue weighted by Crippen LogP contribution is 2.30. The van der Waals surface area contributed by atoms with Crippen LogP contribution in [0.5, 0.6) is 0 Å². The summed E-state index contributed by atoms with van der Waals surface area (Å²) in [5.41, 5.74) is 0.977. The van der Waals surface area contributed by atoms with Gasteiger partial charge in [0.25, 0.3) is 0 Å². The van der Waals surface area contributed by atoms with E-state index in [1.165, 1.54) is 7.11 Å². The molecule has 0 heterocycles. The maximum absolute atomic E-state index is 12.5. The van der Waals surface area contributed by atoms with Gasteiger partial charge in [-0.05, 0) is 57.2 Å². The summed E-state index contributed by atoms with van der Waals surface area (Å²) in [6.07, 6.45) is 3.75. The van der Waals surface area contributed by atoms with Crippen molar-refractivity contribution in [3.8, 4) is 0 Å². The molecule has 1 fully saturated rings. The van der Waals surface area contributed by atoms with Crippen LogP contribution in [-0.2, 0) is 14.3 Å². The molecule has 2 rings (SSSR count). The monoisotopic (exact) mass is 360 g/mol. The molecule has 0 aliphatic heterocycles. The molecule has 0 saturated heterocycles. The van der Waals surface area contributed by atoms with E-state index in [-0.39, 0.29) is 29.7 Å². The number of amides is 2. The Balaban J connectivity index is 1.87. The summed E-state index contributed by atoms with van der Waals surface area (Å²) < 4.78 is 4.69. The second-order valence-corrected chi connectivity index (χ2v) is 6.93. The molecule has 1 aliphatic carbocycles. The van der Waals surface area contributed by atoms with Crippen LogP contribution >= 0.6 is 0 Å². The molecule has 1 saturated carbocycles. The Morgan fingerprint density at radius 2 is 1.73 bits per heavy atom. The van der Waals surface area contributed by atoms with E-state index in [1.807, 2.05) is 13.8 Å². The minimum absolute atomic E-state index is 0.00398. The number of hydrogen-bond acceptors (Lipinski definition) is 4. The lowest BCUT2D eigenvalue weighted by Gasteiger charge is -2.28. The van der Waals surface area contributed by atoms with E-state index in [1.54, 1.807) is 24.3 Å². The molecular formula is C20H28N2O4.